The van der Waals surface area contributed by atoms with Crippen LogP contribution in [0.25, 0.3) is 0 Å². The minimum atomic E-state index is -0.909. The molecule has 4 heteroatoms. The molecule has 0 atom stereocenters. The summed E-state index contributed by atoms with van der Waals surface area (Å²) < 4.78 is 4.73. The molecule has 0 amide bonds. The van der Waals surface area contributed by atoms with Gasteiger partial charge in [-0.05, 0) is 6.07 Å². The van der Waals surface area contributed by atoms with Crippen molar-refractivity contribution < 1.29 is 9.68 Å². The van der Waals surface area contributed by atoms with Crippen molar-refractivity contribution >= 4 is 24.7 Å². The standard InChI is InChI=1S/C7H4BNO2/c10-8-6-3-1-2-4-7(6)9-5-11-8/h3-5,10H. The van der Waals surface area contributed by atoms with Crippen molar-refractivity contribution in [3.63, 3.8) is 0 Å². The van der Waals surface area contributed by atoms with Gasteiger partial charge in [-0.15, -0.1) is 0 Å². The smallest absolute Gasteiger partial charge is 0.524 e. The molecule has 11 heavy (non-hydrogen) atoms. The Morgan fingerprint density at radius 2 is 2.27 bits per heavy atom. The summed E-state index contributed by atoms with van der Waals surface area (Å²) in [6.07, 6.45) is 1.22. The fourth-order valence-corrected chi connectivity index (χ4v) is 0.914. The lowest BCUT2D eigenvalue weighted by molar-refractivity contribution is 0.435. The first kappa shape index (κ1) is 6.26. The van der Waals surface area contributed by atoms with Crippen molar-refractivity contribution in [3.8, 4) is 0 Å². The Hall–Kier alpha value is -1.47. The summed E-state index contributed by atoms with van der Waals surface area (Å²) in [5, 5.41) is 9.21. The summed E-state index contributed by atoms with van der Waals surface area (Å²) in [6.45, 7) is 0. The second-order valence-corrected chi connectivity index (χ2v) is 2.14. The first-order valence-corrected chi connectivity index (χ1v) is 3.15. The quantitative estimate of drug-likeness (QED) is 0.507. The average molecular weight is 145 g/mol. The normalized spacial score (nSPS) is 13.4. The van der Waals surface area contributed by atoms with E-state index in [-0.39, 0.29) is 0 Å². The molecule has 0 bridgehead atoms. The van der Waals surface area contributed by atoms with E-state index in [2.05, 4.69) is 17.1 Å². The number of rotatable bonds is 0. The molecule has 0 aliphatic carbocycles. The van der Waals surface area contributed by atoms with Gasteiger partial charge in [0.05, 0.1) is 5.69 Å². The minimum absolute atomic E-state index is 0.631. The number of hydrogen-bond acceptors (Lipinski definition) is 3. The van der Waals surface area contributed by atoms with Crippen LogP contribution in [0.4, 0.5) is 5.69 Å². The molecule has 0 unspecified atom stereocenters. The zero-order valence-corrected chi connectivity index (χ0v) is 5.61. The Morgan fingerprint density at radius 1 is 1.45 bits per heavy atom. The topological polar surface area (TPSA) is 41.8 Å². The first-order valence-electron chi connectivity index (χ1n) is 3.15. The minimum Gasteiger partial charge on any atom is -0.524 e. The van der Waals surface area contributed by atoms with Crippen LogP contribution < -0.4 is 5.46 Å². The average Bonchev–Trinajstić information content (AvgIpc) is 2.06. The van der Waals surface area contributed by atoms with Gasteiger partial charge in [0.2, 0.25) is 0 Å². The number of nitrogens with zero attached hydrogens (tertiary/aromatic N) is 1. The molecule has 0 aromatic heterocycles. The van der Waals surface area contributed by atoms with Crippen LogP contribution in [0, 0.1) is 12.1 Å². The van der Waals surface area contributed by atoms with Gasteiger partial charge in [-0.25, -0.2) is 4.99 Å². The number of aliphatic imine (C=N–C) groups is 1. The lowest BCUT2D eigenvalue weighted by Crippen LogP contribution is -2.35. The van der Waals surface area contributed by atoms with Gasteiger partial charge in [0.25, 0.3) is 0 Å². The third-order valence-corrected chi connectivity index (χ3v) is 1.46. The van der Waals surface area contributed by atoms with Gasteiger partial charge in [0.1, 0.15) is 0 Å². The summed E-state index contributed by atoms with van der Waals surface area (Å²) in [5.41, 5.74) is 1.31. The molecule has 0 saturated carbocycles. The monoisotopic (exact) mass is 145 g/mol. The highest BCUT2D eigenvalue weighted by Crippen LogP contribution is 2.08. The van der Waals surface area contributed by atoms with E-state index in [1.54, 1.807) is 12.1 Å². The van der Waals surface area contributed by atoms with Crippen molar-refractivity contribution in [2.75, 3.05) is 0 Å². The zero-order valence-electron chi connectivity index (χ0n) is 5.61. The Bertz CT molecular complexity index is 300. The predicted octanol–water partition coefficient (Wildman–Crippen LogP) is -0.336. The zero-order chi connectivity index (χ0) is 7.68. The molecule has 1 heterocycles. The summed E-state index contributed by atoms with van der Waals surface area (Å²) in [5.74, 6) is 0. The fraction of sp³-hybridized carbons (Fsp3) is 0. The largest absolute Gasteiger partial charge is 0.563 e. The highest BCUT2D eigenvalue weighted by molar-refractivity contribution is 6.63. The fourth-order valence-electron chi connectivity index (χ4n) is 0.914. The molecule has 3 nitrogen and oxygen atoms in total. The SMILES string of the molecule is OB1OC=Nc2cc#ccc21. The van der Waals surface area contributed by atoms with Crippen LogP contribution in [-0.2, 0) is 4.65 Å². The lowest BCUT2D eigenvalue weighted by Gasteiger charge is -2.10. The maximum absolute atomic E-state index is 9.21. The molecule has 0 saturated heterocycles. The Labute approximate surface area is 64.5 Å². The van der Waals surface area contributed by atoms with E-state index >= 15 is 0 Å². The molecule has 1 aromatic rings. The van der Waals surface area contributed by atoms with Gasteiger partial charge in [0, 0.05) is 11.5 Å². The second kappa shape index (κ2) is 2.29. The molecule has 1 aromatic carbocycles. The van der Waals surface area contributed by atoms with Crippen LogP contribution in [0.5, 0.6) is 0 Å². The first-order chi connectivity index (χ1) is 5.38. The molecule has 1 aliphatic heterocycles. The van der Waals surface area contributed by atoms with Crippen LogP contribution >= 0.6 is 0 Å². The van der Waals surface area contributed by atoms with E-state index in [1.165, 1.54) is 6.40 Å². The molecule has 1 N–H and O–H groups in total. The van der Waals surface area contributed by atoms with Crippen molar-refractivity contribution in [1.29, 1.82) is 0 Å². The van der Waals surface area contributed by atoms with Crippen molar-refractivity contribution in [1.82, 2.24) is 0 Å². The van der Waals surface area contributed by atoms with Gasteiger partial charge in [-0.2, -0.15) is 0 Å². The van der Waals surface area contributed by atoms with Crippen molar-refractivity contribution in [2.45, 2.75) is 0 Å². The summed E-state index contributed by atoms with van der Waals surface area (Å²) in [4.78, 5) is 3.88. The van der Waals surface area contributed by atoms with E-state index in [0.717, 1.165) is 0 Å². The molecule has 0 fully saturated rings. The van der Waals surface area contributed by atoms with E-state index < -0.39 is 7.12 Å². The summed E-state index contributed by atoms with van der Waals surface area (Å²) in [7, 11) is -0.909. The molecule has 0 radical (unpaired) electrons. The molecule has 52 valence electrons. The van der Waals surface area contributed by atoms with Crippen LogP contribution in [0.1, 0.15) is 0 Å². The van der Waals surface area contributed by atoms with Crippen molar-refractivity contribution in [2.24, 2.45) is 4.99 Å². The highest BCUT2D eigenvalue weighted by Gasteiger charge is 2.23. The maximum atomic E-state index is 9.21. The van der Waals surface area contributed by atoms with Crippen LogP contribution in [0.2, 0.25) is 0 Å². The Balaban J connectivity index is 2.54. The van der Waals surface area contributed by atoms with Gasteiger partial charge in [-0.1, -0.05) is 12.1 Å². The van der Waals surface area contributed by atoms with E-state index in [9.17, 15) is 5.02 Å². The molecule has 0 spiro atoms. The van der Waals surface area contributed by atoms with E-state index in [1.807, 2.05) is 0 Å². The molecular formula is C7H4BNO2. The maximum Gasteiger partial charge on any atom is 0.563 e. The number of fused-ring (bicyclic) bond motifs is 1. The predicted molar refractivity (Wildman–Crippen MR) is 41.0 cm³/mol. The Kier molecular flexibility index (Phi) is 1.30. The summed E-state index contributed by atoms with van der Waals surface area (Å²) in [6, 6.07) is 8.71. The second-order valence-electron chi connectivity index (χ2n) is 2.14. The molecular weight excluding hydrogens is 141 g/mol. The van der Waals surface area contributed by atoms with Crippen LogP contribution in [0.3, 0.4) is 0 Å². The van der Waals surface area contributed by atoms with Gasteiger partial charge in [0.15, 0.2) is 6.40 Å². The number of hydrogen-bond donors (Lipinski definition) is 1. The molecule has 2 rings (SSSR count). The third kappa shape index (κ3) is 0.955. The summed E-state index contributed by atoms with van der Waals surface area (Å²) >= 11 is 0. The van der Waals surface area contributed by atoms with Gasteiger partial charge in [-0.3, -0.25) is 0 Å². The molecule has 1 aliphatic rings. The highest BCUT2D eigenvalue weighted by atomic mass is 16.5. The van der Waals surface area contributed by atoms with Crippen LogP contribution in [0.15, 0.2) is 17.1 Å². The van der Waals surface area contributed by atoms with Crippen molar-refractivity contribution in [3.05, 3.63) is 24.3 Å². The van der Waals surface area contributed by atoms with Crippen LogP contribution in [-0.4, -0.2) is 18.5 Å². The van der Waals surface area contributed by atoms with E-state index in [4.69, 9.17) is 4.65 Å². The van der Waals surface area contributed by atoms with E-state index in [0.29, 0.717) is 11.2 Å². The van der Waals surface area contributed by atoms with Gasteiger partial charge >= 0.3 is 7.12 Å². The Morgan fingerprint density at radius 3 is 3.09 bits per heavy atom. The van der Waals surface area contributed by atoms with Gasteiger partial charge < -0.3 is 9.68 Å². The lowest BCUT2D eigenvalue weighted by atomic mass is 9.78. The third-order valence-electron chi connectivity index (χ3n) is 1.46.